The Bertz CT molecular complexity index is 1580. The van der Waals surface area contributed by atoms with E-state index in [1.807, 2.05) is 12.1 Å². The topological polar surface area (TPSA) is 76.5 Å². The number of halogens is 3. The molecule has 0 saturated carbocycles. The van der Waals surface area contributed by atoms with Gasteiger partial charge in [-0.2, -0.15) is 0 Å². The quantitative estimate of drug-likeness (QED) is 0.229. The van der Waals surface area contributed by atoms with Gasteiger partial charge in [-0.05, 0) is 93.5 Å². The van der Waals surface area contributed by atoms with E-state index in [9.17, 15) is 4.39 Å². The van der Waals surface area contributed by atoms with Gasteiger partial charge in [0.25, 0.3) is 0 Å². The molecule has 0 aliphatic carbocycles. The summed E-state index contributed by atoms with van der Waals surface area (Å²) in [5.41, 5.74) is 3.11. The normalized spacial score (nSPS) is 26.6. The number of nitrogens with zero attached hydrogens (tertiary/aromatic N) is 6. The second kappa shape index (κ2) is 13.5. The van der Waals surface area contributed by atoms with Crippen molar-refractivity contribution in [1.29, 1.82) is 0 Å². The molecule has 6 aliphatic heterocycles. The van der Waals surface area contributed by atoms with E-state index in [0.29, 0.717) is 33.9 Å². The van der Waals surface area contributed by atoms with Crippen molar-refractivity contribution >= 4 is 23.2 Å². The van der Waals surface area contributed by atoms with Crippen LogP contribution in [0.1, 0.15) is 25.7 Å². The van der Waals surface area contributed by atoms with E-state index in [2.05, 4.69) is 29.7 Å². The number of piperidine rings is 6. The molecule has 4 aromatic rings. The van der Waals surface area contributed by atoms with E-state index < -0.39 is 0 Å². The van der Waals surface area contributed by atoms with Gasteiger partial charge in [-0.25, -0.2) is 24.3 Å². The highest BCUT2D eigenvalue weighted by Crippen LogP contribution is 2.35. The van der Waals surface area contributed by atoms with Crippen LogP contribution < -0.4 is 9.47 Å². The van der Waals surface area contributed by atoms with Crippen molar-refractivity contribution < 1.29 is 13.9 Å². The molecule has 2 atom stereocenters. The van der Waals surface area contributed by atoms with Gasteiger partial charge in [-0.15, -0.1) is 0 Å². The zero-order valence-electron chi connectivity index (χ0n) is 24.9. The third-order valence-electron chi connectivity index (χ3n) is 9.37. The molecule has 4 bridgehead atoms. The van der Waals surface area contributed by atoms with Crippen LogP contribution in [0.4, 0.5) is 4.39 Å². The van der Waals surface area contributed by atoms with Gasteiger partial charge in [0.1, 0.15) is 18.0 Å². The lowest BCUT2D eigenvalue weighted by Crippen LogP contribution is -2.52. The average Bonchev–Trinajstić information content (AvgIpc) is 3.07. The number of aromatic nitrogens is 4. The lowest BCUT2D eigenvalue weighted by atomic mass is 9.86. The highest BCUT2D eigenvalue weighted by atomic mass is 35.5. The van der Waals surface area contributed by atoms with Gasteiger partial charge in [-0.1, -0.05) is 41.4 Å². The van der Waals surface area contributed by atoms with Crippen LogP contribution in [0.15, 0.2) is 67.3 Å². The number of rotatable bonds is 6. The first kappa shape index (κ1) is 30.3. The number of hydrogen-bond donors (Lipinski definition) is 0. The molecule has 0 radical (unpaired) electrons. The zero-order chi connectivity index (χ0) is 30.8. The summed E-state index contributed by atoms with van der Waals surface area (Å²) in [6.45, 7) is 6.70. The Kier molecular flexibility index (Phi) is 9.12. The van der Waals surface area contributed by atoms with Crippen molar-refractivity contribution in [3.8, 4) is 34.3 Å². The maximum atomic E-state index is 13.3. The van der Waals surface area contributed by atoms with Crippen LogP contribution in [0, 0.1) is 17.7 Å². The molecule has 45 heavy (non-hydrogen) atoms. The maximum Gasteiger partial charge on any atom is 0.316 e. The first-order chi connectivity index (χ1) is 22.0. The Morgan fingerprint density at radius 1 is 0.622 bits per heavy atom. The molecule has 1 unspecified atom stereocenters. The minimum absolute atomic E-state index is 0.197. The van der Waals surface area contributed by atoms with Gasteiger partial charge in [-0.3, -0.25) is 9.80 Å². The fraction of sp³-hybridized carbons (Fsp3) is 0.412. The minimum Gasteiger partial charge on any atom is -0.458 e. The maximum absolute atomic E-state index is 13.3. The Hall–Kier alpha value is -3.37. The lowest BCUT2D eigenvalue weighted by Gasteiger charge is -2.43. The van der Waals surface area contributed by atoms with Crippen LogP contribution in [-0.4, -0.2) is 81.2 Å². The molecule has 10 rings (SSSR count). The lowest BCUT2D eigenvalue weighted by molar-refractivity contribution is -0.0124. The molecule has 6 aliphatic rings. The predicted molar refractivity (Wildman–Crippen MR) is 172 cm³/mol. The van der Waals surface area contributed by atoms with Crippen molar-refractivity contribution in [3.05, 3.63) is 83.1 Å². The molecule has 0 N–H and O–H groups in total. The molecule has 2 aromatic carbocycles. The second-order valence-corrected chi connectivity index (χ2v) is 13.0. The van der Waals surface area contributed by atoms with Crippen molar-refractivity contribution in [1.82, 2.24) is 29.7 Å². The van der Waals surface area contributed by atoms with Crippen molar-refractivity contribution in [2.75, 3.05) is 39.3 Å². The number of hydrogen-bond acceptors (Lipinski definition) is 8. The molecule has 6 saturated heterocycles. The van der Waals surface area contributed by atoms with Crippen molar-refractivity contribution in [2.45, 2.75) is 37.9 Å². The molecule has 0 amide bonds. The zero-order valence-corrected chi connectivity index (χ0v) is 26.4. The molecule has 11 heteroatoms. The summed E-state index contributed by atoms with van der Waals surface area (Å²) < 4.78 is 25.2. The summed E-state index contributed by atoms with van der Waals surface area (Å²) >= 11 is 12.5. The smallest absolute Gasteiger partial charge is 0.316 e. The third-order valence-corrected chi connectivity index (χ3v) is 10.0. The van der Waals surface area contributed by atoms with Gasteiger partial charge in [0, 0.05) is 54.6 Å². The van der Waals surface area contributed by atoms with E-state index in [1.165, 1.54) is 64.0 Å². The Balaban J connectivity index is 0.000000145. The third kappa shape index (κ3) is 7.07. The van der Waals surface area contributed by atoms with Crippen LogP contribution in [0.25, 0.3) is 22.3 Å². The standard InChI is InChI=1S/C17H17Cl2N3O.C17H18FN3O/c18-13-2-1-3-14(19)16(13)12-8-20-17(21-9-12)23-15-10-22-6-4-11(15)5-7-22;18-15-3-1-2-13(8-15)14-9-19-17(20-10-14)22-16-11-21-6-4-12(16)5-7-21/h1-3,8-9,11,15H,4-7,10H2;1-3,8-10,12,16H,4-7,11H2/t;16-/m.0/s1. The van der Waals surface area contributed by atoms with Crippen molar-refractivity contribution in [2.24, 2.45) is 11.8 Å². The number of benzene rings is 2. The number of fused-ring (bicyclic) bond motifs is 6. The molecule has 8 heterocycles. The molecule has 0 spiro atoms. The van der Waals surface area contributed by atoms with Crippen LogP contribution >= 0.6 is 23.2 Å². The summed E-state index contributed by atoms with van der Waals surface area (Å²) in [6.07, 6.45) is 12.0. The molecular formula is C34H35Cl2FN6O2. The first-order valence-corrected chi connectivity index (χ1v) is 16.4. The van der Waals surface area contributed by atoms with E-state index in [4.69, 9.17) is 32.7 Å². The van der Waals surface area contributed by atoms with Crippen molar-refractivity contribution in [3.63, 3.8) is 0 Å². The summed E-state index contributed by atoms with van der Waals surface area (Å²) in [6, 6.07) is 12.7. The van der Waals surface area contributed by atoms with E-state index in [1.54, 1.807) is 43.0 Å². The van der Waals surface area contributed by atoms with Crippen LogP contribution in [-0.2, 0) is 0 Å². The predicted octanol–water partition coefficient (Wildman–Crippen LogP) is 6.68. The molecule has 2 aromatic heterocycles. The highest BCUT2D eigenvalue weighted by molar-refractivity contribution is 6.39. The summed E-state index contributed by atoms with van der Waals surface area (Å²) in [5.74, 6) is 0.989. The van der Waals surface area contributed by atoms with Gasteiger partial charge >= 0.3 is 12.0 Å². The molecular weight excluding hydrogens is 614 g/mol. The molecule has 234 valence electrons. The Morgan fingerprint density at radius 2 is 1.09 bits per heavy atom. The van der Waals surface area contributed by atoms with Gasteiger partial charge in [0.05, 0.1) is 10.0 Å². The van der Waals surface area contributed by atoms with E-state index in [0.717, 1.165) is 35.3 Å². The fourth-order valence-electron chi connectivity index (χ4n) is 6.83. The largest absolute Gasteiger partial charge is 0.458 e. The highest BCUT2D eigenvalue weighted by Gasteiger charge is 2.37. The van der Waals surface area contributed by atoms with Crippen LogP contribution in [0.5, 0.6) is 12.0 Å². The van der Waals surface area contributed by atoms with Gasteiger partial charge < -0.3 is 9.47 Å². The number of ether oxygens (including phenoxy) is 2. The van der Waals surface area contributed by atoms with Crippen LogP contribution in [0.3, 0.4) is 0 Å². The Labute approximate surface area is 272 Å². The van der Waals surface area contributed by atoms with Gasteiger partial charge in [0.15, 0.2) is 0 Å². The summed E-state index contributed by atoms with van der Waals surface area (Å²) in [4.78, 5) is 22.2. The van der Waals surface area contributed by atoms with Crippen LogP contribution in [0.2, 0.25) is 10.0 Å². The van der Waals surface area contributed by atoms with E-state index in [-0.39, 0.29) is 18.0 Å². The fourth-order valence-corrected chi connectivity index (χ4v) is 7.45. The average molecular weight is 650 g/mol. The summed E-state index contributed by atoms with van der Waals surface area (Å²) in [7, 11) is 0. The minimum atomic E-state index is -0.259. The summed E-state index contributed by atoms with van der Waals surface area (Å²) in [5, 5.41) is 1.18. The molecule has 6 fully saturated rings. The first-order valence-electron chi connectivity index (χ1n) is 15.6. The Morgan fingerprint density at radius 3 is 1.53 bits per heavy atom. The molecule has 8 nitrogen and oxygen atoms in total. The second-order valence-electron chi connectivity index (χ2n) is 12.2. The van der Waals surface area contributed by atoms with E-state index >= 15 is 0 Å². The SMILES string of the molecule is Clc1cccc(Cl)c1-c1cnc(OC2CN3CCC2CC3)nc1.Fc1cccc(-c2cnc(O[C@H]3CN4CCC3CC4)nc2)c1. The monoisotopic (exact) mass is 648 g/mol. The van der Waals surface area contributed by atoms with Gasteiger partial charge in [0.2, 0.25) is 0 Å².